The van der Waals surface area contributed by atoms with Crippen molar-refractivity contribution in [2.75, 3.05) is 0 Å². The molecule has 2 aromatic heterocycles. The normalized spacial score (nSPS) is 13.2. The average Bonchev–Trinajstić information content (AvgIpc) is 3.26. The molecule has 0 amide bonds. The number of carbonyl (C=O) groups is 1. The standard InChI is InChI=1S/C21H28O3/c1-17(5-3-7-19-11-13-23-15-19)9-10-21(22)18(2)6-4-8-20-12-14-24-16-20/h9,11-16,18H,3-8,10H2,1-2H3/b17-9+. The first-order valence-electron chi connectivity index (χ1n) is 8.85. The number of hydrogen-bond donors (Lipinski definition) is 0. The van der Waals surface area contributed by atoms with Crippen LogP contribution in [-0.2, 0) is 17.6 Å². The van der Waals surface area contributed by atoms with Gasteiger partial charge in [0.2, 0.25) is 0 Å². The lowest BCUT2D eigenvalue weighted by Gasteiger charge is -2.09. The Labute approximate surface area is 144 Å². The van der Waals surface area contributed by atoms with E-state index in [-0.39, 0.29) is 5.92 Å². The van der Waals surface area contributed by atoms with E-state index in [0.29, 0.717) is 12.2 Å². The SMILES string of the molecule is C/C(=C\CC(=O)C(C)CCCc1ccoc1)CCCc1ccoc1. The maximum absolute atomic E-state index is 12.2. The van der Waals surface area contributed by atoms with Crippen LogP contribution in [0, 0.1) is 5.92 Å². The summed E-state index contributed by atoms with van der Waals surface area (Å²) in [5, 5.41) is 0. The maximum Gasteiger partial charge on any atom is 0.139 e. The largest absolute Gasteiger partial charge is 0.472 e. The summed E-state index contributed by atoms with van der Waals surface area (Å²) >= 11 is 0. The highest BCUT2D eigenvalue weighted by atomic mass is 16.3. The van der Waals surface area contributed by atoms with Gasteiger partial charge in [-0.25, -0.2) is 0 Å². The Morgan fingerprint density at radius 2 is 1.71 bits per heavy atom. The Morgan fingerprint density at radius 3 is 2.29 bits per heavy atom. The maximum atomic E-state index is 12.2. The van der Waals surface area contributed by atoms with E-state index in [1.165, 1.54) is 16.7 Å². The van der Waals surface area contributed by atoms with Gasteiger partial charge in [0.05, 0.1) is 25.1 Å². The van der Waals surface area contributed by atoms with Crippen molar-refractivity contribution in [1.29, 1.82) is 0 Å². The van der Waals surface area contributed by atoms with E-state index in [4.69, 9.17) is 8.83 Å². The summed E-state index contributed by atoms with van der Waals surface area (Å²) in [5.41, 5.74) is 3.76. The monoisotopic (exact) mass is 328 g/mol. The molecule has 1 atom stereocenters. The first kappa shape index (κ1) is 18.3. The smallest absolute Gasteiger partial charge is 0.139 e. The number of Topliss-reactive ketones (excluding diaryl/α,β-unsaturated/α-hetero) is 1. The fraction of sp³-hybridized carbons (Fsp3) is 0.476. The number of aryl methyl sites for hydroxylation is 2. The predicted octanol–water partition coefficient (Wildman–Crippen LogP) is 5.76. The zero-order chi connectivity index (χ0) is 17.2. The van der Waals surface area contributed by atoms with Crippen LogP contribution in [0.15, 0.2) is 57.7 Å². The van der Waals surface area contributed by atoms with Crippen molar-refractivity contribution in [3.05, 3.63) is 60.0 Å². The number of hydrogen-bond acceptors (Lipinski definition) is 3. The Hall–Kier alpha value is -2.03. The van der Waals surface area contributed by atoms with Crippen LogP contribution in [0.2, 0.25) is 0 Å². The Kier molecular flexibility index (Phi) is 7.60. The van der Waals surface area contributed by atoms with Gasteiger partial charge in [0.15, 0.2) is 0 Å². The lowest BCUT2D eigenvalue weighted by Crippen LogP contribution is -2.10. The number of ketones is 1. The third-order valence-corrected chi connectivity index (χ3v) is 4.50. The molecule has 0 saturated heterocycles. The second kappa shape index (κ2) is 9.96. The molecule has 1 unspecified atom stereocenters. The molecule has 0 aliphatic rings. The molecule has 0 radical (unpaired) electrons. The van der Waals surface area contributed by atoms with Gasteiger partial charge in [0.25, 0.3) is 0 Å². The number of carbonyl (C=O) groups excluding carboxylic acids is 1. The van der Waals surface area contributed by atoms with Gasteiger partial charge in [-0.1, -0.05) is 18.6 Å². The van der Waals surface area contributed by atoms with Crippen LogP contribution < -0.4 is 0 Å². The summed E-state index contributed by atoms with van der Waals surface area (Å²) in [4.78, 5) is 12.2. The van der Waals surface area contributed by atoms with Crippen molar-refractivity contribution in [1.82, 2.24) is 0 Å². The highest BCUT2D eigenvalue weighted by molar-refractivity contribution is 5.82. The van der Waals surface area contributed by atoms with Crippen molar-refractivity contribution >= 4 is 5.78 Å². The Morgan fingerprint density at radius 1 is 1.08 bits per heavy atom. The second-order valence-electron chi connectivity index (χ2n) is 6.63. The predicted molar refractivity (Wildman–Crippen MR) is 95.8 cm³/mol. The third-order valence-electron chi connectivity index (χ3n) is 4.50. The molecule has 0 spiro atoms. The summed E-state index contributed by atoms with van der Waals surface area (Å²) < 4.78 is 10.1. The molecule has 0 aliphatic carbocycles. The molecule has 24 heavy (non-hydrogen) atoms. The third kappa shape index (κ3) is 6.61. The summed E-state index contributed by atoms with van der Waals surface area (Å²) in [6, 6.07) is 4.00. The minimum Gasteiger partial charge on any atom is -0.472 e. The van der Waals surface area contributed by atoms with Gasteiger partial charge >= 0.3 is 0 Å². The highest BCUT2D eigenvalue weighted by Gasteiger charge is 2.11. The fourth-order valence-electron chi connectivity index (χ4n) is 2.79. The topological polar surface area (TPSA) is 43.4 Å². The van der Waals surface area contributed by atoms with Gasteiger partial charge in [-0.05, 0) is 68.7 Å². The van der Waals surface area contributed by atoms with Crippen LogP contribution in [0.3, 0.4) is 0 Å². The number of furan rings is 2. The van der Waals surface area contributed by atoms with E-state index in [9.17, 15) is 4.79 Å². The first-order chi connectivity index (χ1) is 11.6. The molecule has 0 aliphatic heterocycles. The summed E-state index contributed by atoms with van der Waals surface area (Å²) in [6.45, 7) is 4.16. The quantitative estimate of drug-likeness (QED) is 0.492. The second-order valence-corrected chi connectivity index (χ2v) is 6.63. The van der Waals surface area contributed by atoms with E-state index in [2.05, 4.69) is 13.0 Å². The van der Waals surface area contributed by atoms with Gasteiger partial charge < -0.3 is 8.83 Å². The lowest BCUT2D eigenvalue weighted by molar-refractivity contribution is -0.121. The van der Waals surface area contributed by atoms with E-state index < -0.39 is 0 Å². The molecule has 2 heterocycles. The van der Waals surface area contributed by atoms with Crippen LogP contribution >= 0.6 is 0 Å². The number of allylic oxidation sites excluding steroid dienone is 2. The van der Waals surface area contributed by atoms with Gasteiger partial charge in [-0.15, -0.1) is 0 Å². The zero-order valence-corrected chi connectivity index (χ0v) is 14.8. The molecular weight excluding hydrogens is 300 g/mol. The minimum absolute atomic E-state index is 0.131. The molecule has 3 heteroatoms. The highest BCUT2D eigenvalue weighted by Crippen LogP contribution is 2.15. The molecule has 130 valence electrons. The molecule has 0 bridgehead atoms. The van der Waals surface area contributed by atoms with Gasteiger partial charge in [-0.3, -0.25) is 4.79 Å². The minimum atomic E-state index is 0.131. The van der Waals surface area contributed by atoms with Crippen LogP contribution in [0.4, 0.5) is 0 Å². The summed E-state index contributed by atoms with van der Waals surface area (Å²) in [5.74, 6) is 0.475. The van der Waals surface area contributed by atoms with Gasteiger partial charge in [0.1, 0.15) is 5.78 Å². The van der Waals surface area contributed by atoms with Crippen LogP contribution in [0.5, 0.6) is 0 Å². The van der Waals surface area contributed by atoms with Crippen LogP contribution in [-0.4, -0.2) is 5.78 Å². The van der Waals surface area contributed by atoms with E-state index in [1.807, 2.05) is 19.1 Å². The Bertz CT molecular complexity index is 606. The zero-order valence-electron chi connectivity index (χ0n) is 14.8. The average molecular weight is 328 g/mol. The summed E-state index contributed by atoms with van der Waals surface area (Å²) in [7, 11) is 0. The van der Waals surface area contributed by atoms with E-state index >= 15 is 0 Å². The molecule has 0 saturated carbocycles. The van der Waals surface area contributed by atoms with Crippen LogP contribution in [0.1, 0.15) is 57.1 Å². The molecule has 2 rings (SSSR count). The molecule has 0 fully saturated rings. The molecule has 0 aromatic carbocycles. The molecular formula is C21H28O3. The van der Waals surface area contributed by atoms with Gasteiger partial charge in [-0.2, -0.15) is 0 Å². The number of rotatable bonds is 11. The summed E-state index contributed by atoms with van der Waals surface area (Å²) in [6.07, 6.45) is 15.8. The fourth-order valence-corrected chi connectivity index (χ4v) is 2.79. The first-order valence-corrected chi connectivity index (χ1v) is 8.85. The van der Waals surface area contributed by atoms with Gasteiger partial charge in [0, 0.05) is 12.3 Å². The van der Waals surface area contributed by atoms with Crippen molar-refractivity contribution in [2.45, 2.75) is 58.8 Å². The Balaban J connectivity index is 1.60. The molecule has 0 N–H and O–H groups in total. The molecule has 3 nitrogen and oxygen atoms in total. The van der Waals surface area contributed by atoms with E-state index in [0.717, 1.165) is 38.5 Å². The van der Waals surface area contributed by atoms with Crippen molar-refractivity contribution < 1.29 is 13.6 Å². The van der Waals surface area contributed by atoms with Crippen molar-refractivity contribution in [2.24, 2.45) is 5.92 Å². The van der Waals surface area contributed by atoms with E-state index in [1.54, 1.807) is 25.1 Å². The van der Waals surface area contributed by atoms with Crippen molar-refractivity contribution in [3.63, 3.8) is 0 Å². The molecule has 2 aromatic rings. The lowest BCUT2D eigenvalue weighted by atomic mass is 9.95. The van der Waals surface area contributed by atoms with Crippen LogP contribution in [0.25, 0.3) is 0 Å². The van der Waals surface area contributed by atoms with Crippen molar-refractivity contribution in [3.8, 4) is 0 Å².